The van der Waals surface area contributed by atoms with Crippen LogP contribution in [0.1, 0.15) is 30.0 Å². The molecule has 0 saturated carbocycles. The first kappa shape index (κ1) is 15.0. The molecule has 1 aromatic carbocycles. The zero-order chi connectivity index (χ0) is 14.9. The number of pyridine rings is 1. The molecule has 0 aliphatic carbocycles. The fraction of sp³-hybridized carbons (Fsp3) is 0.294. The van der Waals surface area contributed by atoms with Gasteiger partial charge in [0.15, 0.2) is 0 Å². The van der Waals surface area contributed by atoms with Crippen molar-refractivity contribution in [1.29, 1.82) is 5.26 Å². The Balaban J connectivity index is 1.78. The van der Waals surface area contributed by atoms with E-state index in [-0.39, 0.29) is 0 Å². The van der Waals surface area contributed by atoms with Gasteiger partial charge in [0.05, 0.1) is 18.2 Å². The monoisotopic (exact) mass is 281 g/mol. The van der Waals surface area contributed by atoms with E-state index in [1.807, 2.05) is 42.6 Å². The smallest absolute Gasteiger partial charge is 0.213 e. The summed E-state index contributed by atoms with van der Waals surface area (Å²) < 4.78 is 5.45. The number of hydrogen-bond acceptors (Lipinski definition) is 4. The van der Waals surface area contributed by atoms with Crippen LogP contribution in [0.4, 0.5) is 0 Å². The molecule has 1 heterocycles. The maximum atomic E-state index is 8.75. The van der Waals surface area contributed by atoms with E-state index < -0.39 is 0 Å². The van der Waals surface area contributed by atoms with Crippen molar-refractivity contribution in [3.8, 4) is 11.9 Å². The number of benzene rings is 1. The van der Waals surface area contributed by atoms with E-state index in [9.17, 15) is 0 Å². The van der Waals surface area contributed by atoms with Crippen LogP contribution < -0.4 is 10.1 Å². The van der Waals surface area contributed by atoms with Crippen molar-refractivity contribution in [2.75, 3.05) is 6.61 Å². The topological polar surface area (TPSA) is 57.9 Å². The van der Waals surface area contributed by atoms with Crippen molar-refractivity contribution in [2.45, 2.75) is 26.4 Å². The zero-order valence-electron chi connectivity index (χ0n) is 12.2. The normalized spacial score (nSPS) is 10.1. The average Bonchev–Trinajstić information content (AvgIpc) is 2.55. The summed E-state index contributed by atoms with van der Waals surface area (Å²) in [4.78, 5) is 4.27. The van der Waals surface area contributed by atoms with E-state index in [0.717, 1.165) is 30.6 Å². The van der Waals surface area contributed by atoms with E-state index in [1.54, 1.807) is 0 Å². The molecule has 1 N–H and O–H groups in total. The predicted molar refractivity (Wildman–Crippen MR) is 81.7 cm³/mol. The summed E-state index contributed by atoms with van der Waals surface area (Å²) in [5.41, 5.74) is 2.96. The molecule has 0 aliphatic rings. The Kier molecular flexibility index (Phi) is 5.74. The molecule has 108 valence electrons. The lowest BCUT2D eigenvalue weighted by Gasteiger charge is -2.07. The number of rotatable bonds is 7. The molecule has 0 saturated heterocycles. The van der Waals surface area contributed by atoms with Crippen LogP contribution in [0.2, 0.25) is 0 Å². The van der Waals surface area contributed by atoms with Crippen LogP contribution in [0.15, 0.2) is 42.6 Å². The fourth-order valence-electron chi connectivity index (χ4n) is 1.86. The third-order valence-corrected chi connectivity index (χ3v) is 2.99. The van der Waals surface area contributed by atoms with Gasteiger partial charge in [0, 0.05) is 25.4 Å². The van der Waals surface area contributed by atoms with Gasteiger partial charge in [0.1, 0.15) is 0 Å². The zero-order valence-corrected chi connectivity index (χ0v) is 12.2. The quantitative estimate of drug-likeness (QED) is 0.847. The number of nitriles is 1. The minimum Gasteiger partial charge on any atom is -0.478 e. The summed E-state index contributed by atoms with van der Waals surface area (Å²) in [6, 6.07) is 13.6. The summed E-state index contributed by atoms with van der Waals surface area (Å²) in [6.07, 6.45) is 2.81. The van der Waals surface area contributed by atoms with Crippen LogP contribution in [0.5, 0.6) is 5.88 Å². The molecular formula is C17H19N3O. The lowest BCUT2D eigenvalue weighted by molar-refractivity contribution is 0.305. The molecule has 0 bridgehead atoms. The Morgan fingerprint density at radius 3 is 2.43 bits per heavy atom. The third-order valence-electron chi connectivity index (χ3n) is 2.99. The Hall–Kier alpha value is -2.38. The van der Waals surface area contributed by atoms with Crippen molar-refractivity contribution >= 4 is 0 Å². The minimum atomic E-state index is 0.674. The second-order valence-corrected chi connectivity index (χ2v) is 4.77. The molecule has 0 atom stereocenters. The predicted octanol–water partition coefficient (Wildman–Crippen LogP) is 3.03. The van der Waals surface area contributed by atoms with Crippen LogP contribution in [0.25, 0.3) is 0 Å². The Morgan fingerprint density at radius 2 is 1.81 bits per heavy atom. The number of ether oxygens (including phenoxy) is 1. The van der Waals surface area contributed by atoms with Gasteiger partial charge in [0.25, 0.3) is 0 Å². The van der Waals surface area contributed by atoms with Crippen LogP contribution in [-0.4, -0.2) is 11.6 Å². The van der Waals surface area contributed by atoms with Gasteiger partial charge in [0.2, 0.25) is 5.88 Å². The summed E-state index contributed by atoms with van der Waals surface area (Å²) in [5, 5.41) is 12.1. The molecule has 21 heavy (non-hydrogen) atoms. The lowest BCUT2D eigenvalue weighted by Crippen LogP contribution is -2.12. The first-order chi connectivity index (χ1) is 10.3. The van der Waals surface area contributed by atoms with Gasteiger partial charge in [-0.2, -0.15) is 5.26 Å². The Morgan fingerprint density at radius 1 is 1.10 bits per heavy atom. The minimum absolute atomic E-state index is 0.674. The second-order valence-electron chi connectivity index (χ2n) is 4.77. The van der Waals surface area contributed by atoms with Crippen molar-refractivity contribution < 1.29 is 4.74 Å². The highest BCUT2D eigenvalue weighted by molar-refractivity contribution is 5.31. The highest BCUT2D eigenvalue weighted by Gasteiger charge is 1.98. The van der Waals surface area contributed by atoms with Crippen molar-refractivity contribution in [1.82, 2.24) is 10.3 Å². The molecule has 0 aliphatic heterocycles. The number of nitrogens with one attached hydrogen (secondary N) is 1. The summed E-state index contributed by atoms with van der Waals surface area (Å²) in [6.45, 7) is 4.28. The van der Waals surface area contributed by atoms with Gasteiger partial charge < -0.3 is 10.1 Å². The van der Waals surface area contributed by atoms with Gasteiger partial charge in [-0.3, -0.25) is 0 Å². The van der Waals surface area contributed by atoms with Gasteiger partial charge in [-0.25, -0.2) is 4.98 Å². The highest BCUT2D eigenvalue weighted by atomic mass is 16.5. The van der Waals surface area contributed by atoms with E-state index in [1.165, 1.54) is 0 Å². The second kappa shape index (κ2) is 8.03. The van der Waals surface area contributed by atoms with E-state index in [4.69, 9.17) is 10.00 Å². The first-order valence-electron chi connectivity index (χ1n) is 7.09. The first-order valence-corrected chi connectivity index (χ1v) is 7.09. The SMILES string of the molecule is CCCOc1ccc(CNCc2ccc(C#N)cc2)cn1. The number of nitrogens with zero attached hydrogens (tertiary/aromatic N) is 2. The molecule has 2 rings (SSSR count). The molecule has 4 nitrogen and oxygen atoms in total. The molecule has 4 heteroatoms. The van der Waals surface area contributed by atoms with Crippen molar-refractivity contribution in [3.05, 3.63) is 59.3 Å². The highest BCUT2D eigenvalue weighted by Crippen LogP contribution is 2.08. The third kappa shape index (κ3) is 4.90. The van der Waals surface area contributed by atoms with Crippen molar-refractivity contribution in [2.24, 2.45) is 0 Å². The van der Waals surface area contributed by atoms with E-state index >= 15 is 0 Å². The summed E-state index contributed by atoms with van der Waals surface area (Å²) in [7, 11) is 0. The van der Waals surface area contributed by atoms with Gasteiger partial charge in [-0.15, -0.1) is 0 Å². The fourth-order valence-corrected chi connectivity index (χ4v) is 1.86. The molecule has 0 fully saturated rings. The molecule has 0 unspecified atom stereocenters. The van der Waals surface area contributed by atoms with Gasteiger partial charge >= 0.3 is 0 Å². The lowest BCUT2D eigenvalue weighted by atomic mass is 10.1. The average molecular weight is 281 g/mol. The standard InChI is InChI=1S/C17H19N3O/c1-2-9-21-17-8-7-16(13-20-17)12-19-11-15-5-3-14(10-18)4-6-15/h3-8,13,19H,2,9,11-12H2,1H3. The summed E-state index contributed by atoms with van der Waals surface area (Å²) >= 11 is 0. The van der Waals surface area contributed by atoms with Crippen LogP contribution >= 0.6 is 0 Å². The number of hydrogen-bond donors (Lipinski definition) is 1. The van der Waals surface area contributed by atoms with Gasteiger partial charge in [-0.1, -0.05) is 25.1 Å². The maximum Gasteiger partial charge on any atom is 0.213 e. The van der Waals surface area contributed by atoms with Crippen molar-refractivity contribution in [3.63, 3.8) is 0 Å². The molecule has 2 aromatic rings. The van der Waals surface area contributed by atoms with Crippen LogP contribution in [-0.2, 0) is 13.1 Å². The largest absolute Gasteiger partial charge is 0.478 e. The molecule has 0 spiro atoms. The Bertz CT molecular complexity index is 585. The van der Waals surface area contributed by atoms with E-state index in [0.29, 0.717) is 18.1 Å². The molecular weight excluding hydrogens is 262 g/mol. The number of aromatic nitrogens is 1. The molecule has 0 radical (unpaired) electrons. The van der Waals surface area contributed by atoms with E-state index in [2.05, 4.69) is 23.3 Å². The van der Waals surface area contributed by atoms with Crippen LogP contribution in [0.3, 0.4) is 0 Å². The molecule has 1 aromatic heterocycles. The maximum absolute atomic E-state index is 8.75. The van der Waals surface area contributed by atoms with Gasteiger partial charge in [-0.05, 0) is 29.7 Å². The Labute approximate surface area is 125 Å². The summed E-state index contributed by atoms with van der Waals surface area (Å²) in [5.74, 6) is 0.674. The molecule has 0 amide bonds. The van der Waals surface area contributed by atoms with Crippen LogP contribution in [0, 0.1) is 11.3 Å².